The van der Waals surface area contributed by atoms with E-state index < -0.39 is 17.8 Å². The Hall–Kier alpha value is -2.89. The average Bonchev–Trinajstić information content (AvgIpc) is 2.64. The number of aryl methyl sites for hydroxylation is 1. The number of carbonyl (C=O) groups is 2. The molecule has 0 aliphatic rings. The van der Waals surface area contributed by atoms with E-state index >= 15 is 0 Å². The molecule has 150 valence electrons. The first kappa shape index (κ1) is 21.4. The highest BCUT2D eigenvalue weighted by molar-refractivity contribution is 5.88. The number of carbonyl (C=O) groups excluding carboxylic acids is 2. The molecular formula is C22H27FN2O3. The summed E-state index contributed by atoms with van der Waals surface area (Å²) in [6.45, 7) is 7.26. The number of hydrogen-bond acceptors (Lipinski definition) is 3. The van der Waals surface area contributed by atoms with Gasteiger partial charge in [-0.05, 0) is 45.4 Å². The highest BCUT2D eigenvalue weighted by Crippen LogP contribution is 2.16. The lowest BCUT2D eigenvalue weighted by atomic mass is 10.1. The first-order chi connectivity index (χ1) is 13.3. The standard InChI is InChI=1S/C22H27FN2O3/c1-15(2)24-22(27)17(4)25(13-18-9-7-8-16(3)12-18)21(26)14-28-20-11-6-5-10-19(20)23/h5-12,15,17H,13-14H2,1-4H3,(H,24,27)/t17-/m1/s1. The summed E-state index contributed by atoms with van der Waals surface area (Å²) in [7, 11) is 0. The molecule has 0 heterocycles. The Labute approximate surface area is 165 Å². The van der Waals surface area contributed by atoms with Crippen LogP contribution in [0, 0.1) is 12.7 Å². The van der Waals surface area contributed by atoms with Gasteiger partial charge in [-0.1, -0.05) is 42.0 Å². The molecule has 0 aliphatic carbocycles. The van der Waals surface area contributed by atoms with Gasteiger partial charge in [-0.3, -0.25) is 9.59 Å². The second kappa shape index (κ2) is 9.88. The lowest BCUT2D eigenvalue weighted by molar-refractivity contribution is -0.142. The van der Waals surface area contributed by atoms with Gasteiger partial charge in [0.15, 0.2) is 18.2 Å². The number of rotatable bonds is 8. The van der Waals surface area contributed by atoms with E-state index in [0.29, 0.717) is 0 Å². The molecule has 0 radical (unpaired) electrons. The molecule has 2 aromatic carbocycles. The molecule has 6 heteroatoms. The fraction of sp³-hybridized carbons (Fsp3) is 0.364. The number of halogens is 1. The molecule has 0 aliphatic heterocycles. The summed E-state index contributed by atoms with van der Waals surface area (Å²) in [6, 6.07) is 12.9. The van der Waals surface area contributed by atoms with Crippen molar-refractivity contribution in [2.45, 2.75) is 46.3 Å². The molecule has 0 bridgehead atoms. The zero-order chi connectivity index (χ0) is 20.7. The van der Waals surface area contributed by atoms with Crippen LogP contribution in [0.4, 0.5) is 4.39 Å². The SMILES string of the molecule is Cc1cccc(CN(C(=O)COc2ccccc2F)[C@H](C)C(=O)NC(C)C)c1. The van der Waals surface area contributed by atoms with Crippen molar-refractivity contribution in [3.63, 3.8) is 0 Å². The van der Waals surface area contributed by atoms with Crippen LogP contribution in [0.1, 0.15) is 31.9 Å². The van der Waals surface area contributed by atoms with E-state index in [1.165, 1.54) is 17.0 Å². The maximum Gasteiger partial charge on any atom is 0.261 e. The Morgan fingerprint density at radius 1 is 1.11 bits per heavy atom. The van der Waals surface area contributed by atoms with E-state index in [1.807, 2.05) is 45.0 Å². The van der Waals surface area contributed by atoms with Crippen molar-refractivity contribution in [3.05, 3.63) is 65.5 Å². The summed E-state index contributed by atoms with van der Waals surface area (Å²) < 4.78 is 19.1. The molecule has 0 spiro atoms. The molecule has 2 aromatic rings. The van der Waals surface area contributed by atoms with Crippen LogP contribution in [-0.4, -0.2) is 35.4 Å². The molecule has 2 amide bonds. The Morgan fingerprint density at radius 2 is 1.82 bits per heavy atom. The first-order valence-corrected chi connectivity index (χ1v) is 9.30. The van der Waals surface area contributed by atoms with E-state index in [2.05, 4.69) is 5.32 Å². The van der Waals surface area contributed by atoms with Gasteiger partial charge < -0.3 is 15.0 Å². The van der Waals surface area contributed by atoms with Crippen molar-refractivity contribution < 1.29 is 18.7 Å². The lowest BCUT2D eigenvalue weighted by Gasteiger charge is -2.29. The van der Waals surface area contributed by atoms with Gasteiger partial charge in [0.25, 0.3) is 5.91 Å². The van der Waals surface area contributed by atoms with E-state index in [0.717, 1.165) is 11.1 Å². The highest BCUT2D eigenvalue weighted by Gasteiger charge is 2.27. The van der Waals surface area contributed by atoms with Gasteiger partial charge in [-0.2, -0.15) is 0 Å². The van der Waals surface area contributed by atoms with Gasteiger partial charge in [0, 0.05) is 12.6 Å². The number of para-hydroxylation sites is 1. The van der Waals surface area contributed by atoms with Crippen molar-refractivity contribution in [2.75, 3.05) is 6.61 Å². The van der Waals surface area contributed by atoms with Crippen molar-refractivity contribution in [1.82, 2.24) is 10.2 Å². The van der Waals surface area contributed by atoms with Gasteiger partial charge in [0.05, 0.1) is 0 Å². The summed E-state index contributed by atoms with van der Waals surface area (Å²) in [6.07, 6.45) is 0. The van der Waals surface area contributed by atoms with Crippen LogP contribution >= 0.6 is 0 Å². The fourth-order valence-electron chi connectivity index (χ4n) is 2.78. The summed E-state index contributed by atoms with van der Waals surface area (Å²) in [5, 5.41) is 2.82. The molecule has 0 saturated heterocycles. The van der Waals surface area contributed by atoms with E-state index in [4.69, 9.17) is 4.74 Å². The van der Waals surface area contributed by atoms with Gasteiger partial charge in [0.2, 0.25) is 5.91 Å². The fourth-order valence-corrected chi connectivity index (χ4v) is 2.78. The first-order valence-electron chi connectivity index (χ1n) is 9.30. The van der Waals surface area contributed by atoms with E-state index in [-0.39, 0.29) is 30.9 Å². The predicted molar refractivity (Wildman–Crippen MR) is 106 cm³/mol. The Morgan fingerprint density at radius 3 is 2.46 bits per heavy atom. The van der Waals surface area contributed by atoms with Crippen LogP contribution in [-0.2, 0) is 16.1 Å². The van der Waals surface area contributed by atoms with Crippen molar-refractivity contribution in [1.29, 1.82) is 0 Å². The number of amides is 2. The van der Waals surface area contributed by atoms with Crippen LogP contribution < -0.4 is 10.1 Å². The third-order valence-electron chi connectivity index (χ3n) is 4.22. The quantitative estimate of drug-likeness (QED) is 0.756. The minimum atomic E-state index is -0.695. The molecule has 0 saturated carbocycles. The number of nitrogens with zero attached hydrogens (tertiary/aromatic N) is 1. The molecule has 1 N–H and O–H groups in total. The molecule has 5 nitrogen and oxygen atoms in total. The van der Waals surface area contributed by atoms with Crippen molar-refractivity contribution >= 4 is 11.8 Å². The monoisotopic (exact) mass is 386 g/mol. The smallest absolute Gasteiger partial charge is 0.261 e. The van der Waals surface area contributed by atoms with E-state index in [1.54, 1.807) is 19.1 Å². The van der Waals surface area contributed by atoms with E-state index in [9.17, 15) is 14.0 Å². The van der Waals surface area contributed by atoms with Gasteiger partial charge in [-0.15, -0.1) is 0 Å². The largest absolute Gasteiger partial charge is 0.481 e. The highest BCUT2D eigenvalue weighted by atomic mass is 19.1. The minimum Gasteiger partial charge on any atom is -0.481 e. The summed E-state index contributed by atoms with van der Waals surface area (Å²) in [5.74, 6) is -1.17. The Balaban J connectivity index is 2.17. The maximum atomic E-state index is 13.7. The lowest BCUT2D eigenvalue weighted by Crippen LogP contribution is -2.50. The van der Waals surface area contributed by atoms with Crippen LogP contribution in [0.5, 0.6) is 5.75 Å². The van der Waals surface area contributed by atoms with Crippen LogP contribution in [0.15, 0.2) is 48.5 Å². The van der Waals surface area contributed by atoms with Crippen molar-refractivity contribution in [2.24, 2.45) is 0 Å². The zero-order valence-corrected chi connectivity index (χ0v) is 16.7. The molecule has 28 heavy (non-hydrogen) atoms. The second-order valence-corrected chi connectivity index (χ2v) is 7.07. The number of benzene rings is 2. The number of hydrogen-bond donors (Lipinski definition) is 1. The molecule has 0 aromatic heterocycles. The maximum absolute atomic E-state index is 13.7. The Bertz CT molecular complexity index is 823. The molecule has 0 unspecified atom stereocenters. The average molecular weight is 386 g/mol. The molecule has 2 rings (SSSR count). The topological polar surface area (TPSA) is 58.6 Å². The third-order valence-corrected chi connectivity index (χ3v) is 4.22. The molecule has 0 fully saturated rings. The predicted octanol–water partition coefficient (Wildman–Crippen LogP) is 3.45. The zero-order valence-electron chi connectivity index (χ0n) is 16.7. The summed E-state index contributed by atoms with van der Waals surface area (Å²) >= 11 is 0. The van der Waals surface area contributed by atoms with Crippen LogP contribution in [0.25, 0.3) is 0 Å². The summed E-state index contributed by atoms with van der Waals surface area (Å²) in [5.41, 5.74) is 1.97. The van der Waals surface area contributed by atoms with Gasteiger partial charge in [0.1, 0.15) is 6.04 Å². The summed E-state index contributed by atoms with van der Waals surface area (Å²) in [4.78, 5) is 26.8. The van der Waals surface area contributed by atoms with Crippen LogP contribution in [0.2, 0.25) is 0 Å². The normalized spacial score (nSPS) is 11.8. The third kappa shape index (κ3) is 6.08. The molecular weight excluding hydrogens is 359 g/mol. The van der Waals surface area contributed by atoms with Gasteiger partial charge >= 0.3 is 0 Å². The minimum absolute atomic E-state index is 0.00522. The number of ether oxygens (including phenoxy) is 1. The van der Waals surface area contributed by atoms with Crippen molar-refractivity contribution in [3.8, 4) is 5.75 Å². The Kier molecular flexibility index (Phi) is 7.55. The van der Waals surface area contributed by atoms with Crippen LogP contribution in [0.3, 0.4) is 0 Å². The van der Waals surface area contributed by atoms with Gasteiger partial charge in [-0.25, -0.2) is 4.39 Å². The second-order valence-electron chi connectivity index (χ2n) is 7.07. The number of nitrogens with one attached hydrogen (secondary N) is 1. The molecule has 1 atom stereocenters.